The first-order chi connectivity index (χ1) is 35.6. The topological polar surface area (TPSA) is 175 Å². The zero-order valence-electron chi connectivity index (χ0n) is 46.1. The van der Waals surface area contributed by atoms with Crippen molar-refractivity contribution in [1.82, 2.24) is 0 Å². The Kier molecular flexibility index (Phi) is 45.5. The highest BCUT2D eigenvalue weighted by atomic mass is 16.7. The number of rotatable bonds is 49. The van der Waals surface area contributed by atoms with Crippen LogP contribution < -0.4 is 0 Å². The summed E-state index contributed by atoms with van der Waals surface area (Å²) >= 11 is 0. The van der Waals surface area contributed by atoms with Crippen molar-refractivity contribution in [3.05, 3.63) is 60.8 Å². The molecule has 0 saturated carbocycles. The number of hydrogen-bond donors (Lipinski definition) is 3. The number of carboxylic acid groups (broad SMARTS) is 1. The lowest BCUT2D eigenvalue weighted by Crippen LogP contribution is -2.61. The normalized spacial score (nSPS) is 18.7. The Labute approximate surface area is 443 Å². The van der Waals surface area contributed by atoms with Crippen LogP contribution in [0.4, 0.5) is 0 Å². The maximum absolute atomic E-state index is 13.1. The summed E-state index contributed by atoms with van der Waals surface area (Å²) in [5, 5.41) is 31.4. The molecule has 420 valence electrons. The molecule has 6 atom stereocenters. The lowest BCUT2D eigenvalue weighted by atomic mass is 9.98. The fourth-order valence-corrected chi connectivity index (χ4v) is 8.68. The number of aliphatic hydroxyl groups is 2. The predicted molar refractivity (Wildman–Crippen MR) is 294 cm³/mol. The van der Waals surface area contributed by atoms with E-state index in [0.29, 0.717) is 19.3 Å². The molecule has 0 aromatic heterocycles. The summed E-state index contributed by atoms with van der Waals surface area (Å²) in [5.74, 6) is -3.27. The highest BCUT2D eigenvalue weighted by Gasteiger charge is 2.50. The second-order valence-corrected chi connectivity index (χ2v) is 19.9. The second kappa shape index (κ2) is 49.3. The number of carbonyl (C=O) groups is 4. The van der Waals surface area contributed by atoms with Gasteiger partial charge in [0.1, 0.15) is 18.8 Å². The van der Waals surface area contributed by atoms with Gasteiger partial charge in [0.05, 0.1) is 13.0 Å². The predicted octanol–water partition coefficient (Wildman–Crippen LogP) is 14.8. The van der Waals surface area contributed by atoms with Crippen LogP contribution >= 0.6 is 0 Å². The van der Waals surface area contributed by atoms with E-state index in [9.17, 15) is 34.5 Å². The molecular weight excluding hydrogens is 925 g/mol. The minimum atomic E-state index is -1.91. The van der Waals surface area contributed by atoms with Crippen LogP contribution in [0.5, 0.6) is 0 Å². The summed E-state index contributed by atoms with van der Waals surface area (Å²) < 4.78 is 28.3. The third-order valence-electron chi connectivity index (χ3n) is 13.1. The number of allylic oxidation sites excluding steroid dienone is 9. The van der Waals surface area contributed by atoms with Gasteiger partial charge in [-0.05, 0) is 44.9 Å². The van der Waals surface area contributed by atoms with Crippen molar-refractivity contribution >= 4 is 23.9 Å². The molecule has 6 unspecified atom stereocenters. The van der Waals surface area contributed by atoms with Crippen molar-refractivity contribution in [2.45, 2.75) is 289 Å². The summed E-state index contributed by atoms with van der Waals surface area (Å²) in [4.78, 5) is 51.0. The van der Waals surface area contributed by atoms with Gasteiger partial charge < -0.3 is 39.0 Å². The van der Waals surface area contributed by atoms with Crippen molar-refractivity contribution in [2.75, 3.05) is 13.2 Å². The molecule has 0 amide bonds. The van der Waals surface area contributed by atoms with Crippen LogP contribution in [-0.2, 0) is 42.9 Å². The van der Waals surface area contributed by atoms with Gasteiger partial charge in [0.25, 0.3) is 0 Å². The number of carbonyl (C=O) groups excluding carboxylic acids is 3. The number of unbranched alkanes of at least 4 members (excludes halogenated alkanes) is 26. The first-order valence-corrected chi connectivity index (χ1v) is 29.3. The first-order valence-electron chi connectivity index (χ1n) is 29.3. The van der Waals surface area contributed by atoms with Gasteiger partial charge in [0.15, 0.2) is 24.6 Å². The molecule has 12 heteroatoms. The van der Waals surface area contributed by atoms with Crippen LogP contribution in [0.3, 0.4) is 0 Å². The lowest BCUT2D eigenvalue weighted by Gasteiger charge is -2.40. The maximum atomic E-state index is 13.1. The van der Waals surface area contributed by atoms with Crippen molar-refractivity contribution in [2.24, 2.45) is 0 Å². The van der Waals surface area contributed by atoms with E-state index in [4.69, 9.17) is 23.7 Å². The van der Waals surface area contributed by atoms with Gasteiger partial charge in [-0.25, -0.2) is 4.79 Å². The molecule has 73 heavy (non-hydrogen) atoms. The zero-order chi connectivity index (χ0) is 53.3. The molecule has 0 aromatic carbocycles. The number of hydrogen-bond acceptors (Lipinski definition) is 11. The molecule has 1 aliphatic heterocycles. The van der Waals surface area contributed by atoms with E-state index >= 15 is 0 Å². The molecule has 12 nitrogen and oxygen atoms in total. The molecular formula is C61H104O12. The Morgan fingerprint density at radius 2 is 0.849 bits per heavy atom. The Morgan fingerprint density at radius 3 is 1.26 bits per heavy atom. The standard InChI is InChI=1S/C61H104O12/c1-4-7-10-13-16-19-22-24-26-27-29-31-34-37-40-43-46-49-55(64)72-59-57(66)56(65)58(60(67)68)73-61(59)70-51-52(71-54(63)48-45-42-39-36-32-21-18-15-12-9-6-3)50-69-53(62)47-44-41-38-35-33-30-28-25-23-20-17-14-11-8-5-2/h8,11,17,20,25,28,33,35,41,44,52,56-59,61,65-66H,4-7,9-10,12-16,18-19,21-24,26-27,29-32,34,36-40,42-43,45-51H2,1-3H3,(H,67,68)/b11-8-,20-17-,28-25-,35-33-,44-41-. The van der Waals surface area contributed by atoms with E-state index in [0.717, 1.165) is 70.6 Å². The van der Waals surface area contributed by atoms with E-state index in [2.05, 4.69) is 63.3 Å². The maximum Gasteiger partial charge on any atom is 0.335 e. The quantitative estimate of drug-likeness (QED) is 0.0228. The van der Waals surface area contributed by atoms with Crippen molar-refractivity contribution in [3.63, 3.8) is 0 Å². The molecule has 0 bridgehead atoms. The SMILES string of the molecule is CC/C=C\C/C=C\C/C=C\C/C=C\C/C=C\CC(=O)OCC(COC1OC(C(=O)O)C(O)C(O)C1OC(=O)CCCCCCCCCCCCCCCCCCC)OC(=O)CCCCCCCCCCCCC. The Morgan fingerprint density at radius 1 is 0.466 bits per heavy atom. The number of aliphatic hydroxyl groups excluding tert-OH is 2. The molecule has 0 aromatic rings. The fraction of sp³-hybridized carbons (Fsp3) is 0.770. The van der Waals surface area contributed by atoms with Crippen LogP contribution in [0.25, 0.3) is 0 Å². The third kappa shape index (κ3) is 39.5. The van der Waals surface area contributed by atoms with Gasteiger partial charge >= 0.3 is 23.9 Å². The molecule has 0 aliphatic carbocycles. The smallest absolute Gasteiger partial charge is 0.335 e. The van der Waals surface area contributed by atoms with Crippen molar-refractivity contribution in [3.8, 4) is 0 Å². The van der Waals surface area contributed by atoms with Crippen molar-refractivity contribution < 1.29 is 58.2 Å². The molecule has 1 rings (SSSR count). The highest BCUT2D eigenvalue weighted by Crippen LogP contribution is 2.26. The van der Waals surface area contributed by atoms with Crippen molar-refractivity contribution in [1.29, 1.82) is 0 Å². The molecule has 1 heterocycles. The number of aliphatic carboxylic acids is 1. The molecule has 1 aliphatic rings. The summed E-state index contributed by atoms with van der Waals surface area (Å²) in [6.07, 6.45) is 48.0. The van der Waals surface area contributed by atoms with Gasteiger partial charge in [-0.2, -0.15) is 0 Å². The summed E-state index contributed by atoms with van der Waals surface area (Å²) in [5.41, 5.74) is 0. The third-order valence-corrected chi connectivity index (χ3v) is 13.1. The second-order valence-electron chi connectivity index (χ2n) is 19.9. The van der Waals surface area contributed by atoms with E-state index in [-0.39, 0.29) is 25.9 Å². The van der Waals surface area contributed by atoms with Gasteiger partial charge in [-0.15, -0.1) is 0 Å². The molecule has 0 radical (unpaired) electrons. The number of ether oxygens (including phenoxy) is 5. The highest BCUT2D eigenvalue weighted by molar-refractivity contribution is 5.74. The lowest BCUT2D eigenvalue weighted by molar-refractivity contribution is -0.301. The minimum Gasteiger partial charge on any atom is -0.479 e. The summed E-state index contributed by atoms with van der Waals surface area (Å²) in [6, 6.07) is 0. The zero-order valence-corrected chi connectivity index (χ0v) is 46.1. The fourth-order valence-electron chi connectivity index (χ4n) is 8.68. The van der Waals surface area contributed by atoms with Crippen LogP contribution in [0.2, 0.25) is 0 Å². The van der Waals surface area contributed by atoms with Gasteiger partial charge in [-0.3, -0.25) is 14.4 Å². The van der Waals surface area contributed by atoms with Gasteiger partial charge in [-0.1, -0.05) is 248 Å². The Balaban J connectivity index is 2.71. The van der Waals surface area contributed by atoms with Crippen LogP contribution in [0, 0.1) is 0 Å². The number of esters is 3. The monoisotopic (exact) mass is 1030 g/mol. The van der Waals surface area contributed by atoms with Crippen LogP contribution in [0.1, 0.15) is 252 Å². The minimum absolute atomic E-state index is 0.0125. The largest absolute Gasteiger partial charge is 0.479 e. The summed E-state index contributed by atoms with van der Waals surface area (Å²) in [7, 11) is 0. The average molecular weight is 1030 g/mol. The van der Waals surface area contributed by atoms with Gasteiger partial charge in [0.2, 0.25) is 0 Å². The van der Waals surface area contributed by atoms with E-state index in [1.165, 1.54) is 122 Å². The molecule has 1 saturated heterocycles. The van der Waals surface area contributed by atoms with E-state index < -0.39 is 67.3 Å². The Hall–Kier alpha value is -3.58. The molecule has 1 fully saturated rings. The molecule has 3 N–H and O–H groups in total. The van der Waals surface area contributed by atoms with Crippen LogP contribution in [0.15, 0.2) is 60.8 Å². The first kappa shape index (κ1) is 67.4. The average Bonchev–Trinajstić information content (AvgIpc) is 3.37. The Bertz CT molecular complexity index is 1500. The number of carboxylic acids is 1. The van der Waals surface area contributed by atoms with E-state index in [1.54, 1.807) is 6.08 Å². The van der Waals surface area contributed by atoms with Gasteiger partial charge in [0, 0.05) is 12.8 Å². The van der Waals surface area contributed by atoms with Crippen LogP contribution in [-0.4, -0.2) is 89.2 Å². The van der Waals surface area contributed by atoms with E-state index in [1.807, 2.05) is 12.2 Å². The molecule has 0 spiro atoms. The summed E-state index contributed by atoms with van der Waals surface area (Å²) in [6.45, 7) is 5.79.